The molecule has 3 rings (SSSR count). The molecule has 35 heavy (non-hydrogen) atoms. The number of methoxy groups -OCH3 is 1. The minimum Gasteiger partial charge on any atom is -0.507 e. The van der Waals surface area contributed by atoms with Crippen LogP contribution in [-0.2, 0) is 19.1 Å². The third-order valence-corrected chi connectivity index (χ3v) is 5.68. The van der Waals surface area contributed by atoms with E-state index in [1.54, 1.807) is 48.5 Å². The van der Waals surface area contributed by atoms with Gasteiger partial charge in [0.05, 0.1) is 24.8 Å². The molecule has 8 nitrogen and oxygen atoms in total. The lowest BCUT2D eigenvalue weighted by Crippen LogP contribution is -2.32. The molecule has 1 atom stereocenters. The van der Waals surface area contributed by atoms with Gasteiger partial charge in [0, 0.05) is 26.1 Å². The SMILES string of the molecule is CCCCCOc1ccc(/C(O)=C2/C(=O)C(=O)N(CCOC)C2c2ccc(OC(C)=O)cc2)cc1. The summed E-state index contributed by atoms with van der Waals surface area (Å²) >= 11 is 0. The predicted molar refractivity (Wildman–Crippen MR) is 130 cm³/mol. The normalized spacial score (nSPS) is 17.0. The largest absolute Gasteiger partial charge is 0.507 e. The zero-order valence-corrected chi connectivity index (χ0v) is 20.3. The first-order valence-electron chi connectivity index (χ1n) is 11.7. The molecular weight excluding hydrogens is 450 g/mol. The van der Waals surface area contributed by atoms with Crippen LogP contribution in [0.25, 0.3) is 5.76 Å². The molecule has 0 aromatic heterocycles. The van der Waals surface area contributed by atoms with Gasteiger partial charge in [0.15, 0.2) is 0 Å². The fraction of sp³-hybridized carbons (Fsp3) is 0.370. The summed E-state index contributed by atoms with van der Waals surface area (Å²) in [7, 11) is 1.51. The number of amides is 1. The number of hydrogen-bond acceptors (Lipinski definition) is 7. The van der Waals surface area contributed by atoms with Gasteiger partial charge in [-0.25, -0.2) is 0 Å². The highest BCUT2D eigenvalue weighted by molar-refractivity contribution is 6.46. The van der Waals surface area contributed by atoms with Crippen molar-refractivity contribution in [2.45, 2.75) is 39.2 Å². The maximum Gasteiger partial charge on any atom is 0.308 e. The van der Waals surface area contributed by atoms with Crippen molar-refractivity contribution in [3.63, 3.8) is 0 Å². The number of esters is 1. The lowest BCUT2D eigenvalue weighted by molar-refractivity contribution is -0.140. The van der Waals surface area contributed by atoms with E-state index in [4.69, 9.17) is 14.2 Å². The highest BCUT2D eigenvalue weighted by Gasteiger charge is 2.45. The first-order chi connectivity index (χ1) is 16.9. The number of benzene rings is 2. The average Bonchev–Trinajstić information content (AvgIpc) is 3.10. The number of Topliss-reactive ketones (excluding diaryl/α,β-unsaturated/α-hetero) is 1. The van der Waals surface area contributed by atoms with Crippen molar-refractivity contribution in [2.75, 3.05) is 26.9 Å². The Morgan fingerprint density at radius 3 is 2.23 bits per heavy atom. The zero-order valence-electron chi connectivity index (χ0n) is 20.3. The molecule has 1 amide bonds. The van der Waals surface area contributed by atoms with Crippen LogP contribution in [0.2, 0.25) is 0 Å². The van der Waals surface area contributed by atoms with Gasteiger partial charge in [-0.3, -0.25) is 14.4 Å². The molecule has 0 radical (unpaired) electrons. The summed E-state index contributed by atoms with van der Waals surface area (Å²) in [5.74, 6) is -1.21. The van der Waals surface area contributed by atoms with Crippen molar-refractivity contribution in [1.82, 2.24) is 4.90 Å². The first-order valence-corrected chi connectivity index (χ1v) is 11.7. The topological polar surface area (TPSA) is 102 Å². The van der Waals surface area contributed by atoms with Crippen LogP contribution >= 0.6 is 0 Å². The third-order valence-electron chi connectivity index (χ3n) is 5.68. The van der Waals surface area contributed by atoms with Gasteiger partial charge in [-0.2, -0.15) is 0 Å². The number of ketones is 1. The molecule has 2 aromatic rings. The molecular formula is C27H31NO7. The number of carbonyl (C=O) groups excluding carboxylic acids is 3. The molecule has 0 spiro atoms. The highest BCUT2D eigenvalue weighted by Crippen LogP contribution is 2.39. The van der Waals surface area contributed by atoms with E-state index < -0.39 is 23.7 Å². The van der Waals surface area contributed by atoms with Crippen molar-refractivity contribution in [3.05, 3.63) is 65.2 Å². The predicted octanol–water partition coefficient (Wildman–Crippen LogP) is 4.25. The molecule has 8 heteroatoms. The second-order valence-electron chi connectivity index (χ2n) is 8.23. The number of nitrogens with zero attached hydrogens (tertiary/aromatic N) is 1. The maximum atomic E-state index is 13.0. The van der Waals surface area contributed by atoms with Crippen LogP contribution in [0.1, 0.15) is 50.3 Å². The van der Waals surface area contributed by atoms with Gasteiger partial charge in [-0.05, 0) is 48.4 Å². The maximum absolute atomic E-state index is 13.0. The molecule has 1 aliphatic rings. The van der Waals surface area contributed by atoms with Crippen LogP contribution in [0, 0.1) is 0 Å². The van der Waals surface area contributed by atoms with Crippen molar-refractivity contribution in [2.24, 2.45) is 0 Å². The molecule has 0 aliphatic carbocycles. The summed E-state index contributed by atoms with van der Waals surface area (Å²) in [6.07, 6.45) is 3.15. The van der Waals surface area contributed by atoms with Crippen molar-refractivity contribution >= 4 is 23.4 Å². The smallest absolute Gasteiger partial charge is 0.308 e. The Bertz CT molecular complexity index is 1070. The second kappa shape index (κ2) is 12.2. The summed E-state index contributed by atoms with van der Waals surface area (Å²) in [4.78, 5) is 38.5. The summed E-state index contributed by atoms with van der Waals surface area (Å²) in [6.45, 7) is 4.41. The van der Waals surface area contributed by atoms with Gasteiger partial charge < -0.3 is 24.2 Å². The van der Waals surface area contributed by atoms with Gasteiger partial charge in [0.1, 0.15) is 17.3 Å². The summed E-state index contributed by atoms with van der Waals surface area (Å²) < 4.78 is 15.9. The Hall–Kier alpha value is -3.65. The van der Waals surface area contributed by atoms with Gasteiger partial charge in [0.2, 0.25) is 0 Å². The first kappa shape index (κ1) is 26.0. The van der Waals surface area contributed by atoms with E-state index in [1.807, 2.05) is 0 Å². The number of aliphatic hydroxyl groups is 1. The third kappa shape index (κ3) is 6.27. The highest BCUT2D eigenvalue weighted by atomic mass is 16.5. The van der Waals surface area contributed by atoms with Gasteiger partial charge in [-0.1, -0.05) is 31.9 Å². The number of rotatable bonds is 11. The molecule has 1 N–H and O–H groups in total. The van der Waals surface area contributed by atoms with Crippen LogP contribution in [0.15, 0.2) is 54.1 Å². The number of carbonyl (C=O) groups is 3. The van der Waals surface area contributed by atoms with E-state index in [0.717, 1.165) is 19.3 Å². The second-order valence-corrected chi connectivity index (χ2v) is 8.23. The molecule has 0 saturated carbocycles. The zero-order chi connectivity index (χ0) is 25.4. The quantitative estimate of drug-likeness (QED) is 0.128. The lowest BCUT2D eigenvalue weighted by atomic mass is 9.95. The lowest BCUT2D eigenvalue weighted by Gasteiger charge is -2.25. The van der Waals surface area contributed by atoms with Crippen LogP contribution < -0.4 is 9.47 Å². The van der Waals surface area contributed by atoms with Crippen molar-refractivity contribution in [3.8, 4) is 11.5 Å². The van der Waals surface area contributed by atoms with Gasteiger partial charge >= 0.3 is 5.97 Å². The molecule has 2 aromatic carbocycles. The number of ether oxygens (including phenoxy) is 3. The van der Waals surface area contributed by atoms with E-state index in [2.05, 4.69) is 6.92 Å². The average molecular weight is 482 g/mol. The molecule has 0 bridgehead atoms. The van der Waals surface area contributed by atoms with Crippen molar-refractivity contribution < 1.29 is 33.7 Å². The Morgan fingerprint density at radius 1 is 0.971 bits per heavy atom. The van der Waals surface area contributed by atoms with Crippen LogP contribution in [0.5, 0.6) is 11.5 Å². The monoisotopic (exact) mass is 481 g/mol. The molecule has 1 saturated heterocycles. The summed E-state index contributed by atoms with van der Waals surface area (Å²) in [5.41, 5.74) is 0.980. The Kier molecular flexibility index (Phi) is 9.03. The summed E-state index contributed by atoms with van der Waals surface area (Å²) in [6, 6.07) is 12.4. The molecule has 1 unspecified atom stereocenters. The fourth-order valence-corrected chi connectivity index (χ4v) is 3.94. The van der Waals surface area contributed by atoms with Crippen LogP contribution in [-0.4, -0.2) is 54.5 Å². The minimum atomic E-state index is -0.818. The molecule has 1 fully saturated rings. The van der Waals surface area contributed by atoms with Crippen LogP contribution in [0.4, 0.5) is 0 Å². The standard InChI is InChI=1S/C27H31NO7/c1-4-5-6-16-34-21-11-9-20(10-12-21)25(30)23-24(28(15-17-33-3)27(32)26(23)31)19-7-13-22(14-8-19)35-18(2)29/h7-14,24,30H,4-6,15-17H2,1-3H3/b25-23-. The molecule has 1 aliphatic heterocycles. The molecule has 186 valence electrons. The van der Waals surface area contributed by atoms with Crippen LogP contribution in [0.3, 0.4) is 0 Å². The molecule has 1 heterocycles. The number of aliphatic hydroxyl groups excluding tert-OH is 1. The van der Waals surface area contributed by atoms with Gasteiger partial charge in [0.25, 0.3) is 11.7 Å². The number of unbranched alkanes of at least 4 members (excludes halogenated alkanes) is 2. The van der Waals surface area contributed by atoms with E-state index in [0.29, 0.717) is 29.2 Å². The van der Waals surface area contributed by atoms with E-state index in [1.165, 1.54) is 18.9 Å². The van der Waals surface area contributed by atoms with E-state index >= 15 is 0 Å². The Balaban J connectivity index is 1.95. The number of hydrogen-bond donors (Lipinski definition) is 1. The number of likely N-dealkylation sites (tertiary alicyclic amines) is 1. The van der Waals surface area contributed by atoms with E-state index in [9.17, 15) is 19.5 Å². The summed E-state index contributed by atoms with van der Waals surface area (Å²) in [5, 5.41) is 11.1. The van der Waals surface area contributed by atoms with Gasteiger partial charge in [-0.15, -0.1) is 0 Å². The Morgan fingerprint density at radius 2 is 1.63 bits per heavy atom. The van der Waals surface area contributed by atoms with Crippen molar-refractivity contribution in [1.29, 1.82) is 0 Å². The fourth-order valence-electron chi connectivity index (χ4n) is 3.94. The van der Waals surface area contributed by atoms with E-state index in [-0.39, 0.29) is 24.5 Å². The Labute approximate surface area is 205 Å². The minimum absolute atomic E-state index is 0.0112.